The maximum absolute atomic E-state index is 13.1. The van der Waals surface area contributed by atoms with Crippen LogP contribution in [0.4, 0.5) is 24.5 Å². The predicted molar refractivity (Wildman–Crippen MR) is 117 cm³/mol. The fourth-order valence-electron chi connectivity index (χ4n) is 2.88. The van der Waals surface area contributed by atoms with E-state index in [2.05, 4.69) is 10.3 Å². The van der Waals surface area contributed by atoms with Crippen LogP contribution in [0.15, 0.2) is 36.4 Å². The van der Waals surface area contributed by atoms with E-state index in [9.17, 15) is 22.8 Å². The van der Waals surface area contributed by atoms with Crippen molar-refractivity contribution in [2.24, 2.45) is 0 Å². The van der Waals surface area contributed by atoms with Gasteiger partial charge >= 0.3 is 11.3 Å². The van der Waals surface area contributed by atoms with Crippen LogP contribution in [0.5, 0.6) is 0 Å². The van der Waals surface area contributed by atoms with E-state index in [1.165, 1.54) is 31.3 Å². The first-order valence-corrected chi connectivity index (χ1v) is 10.7. The lowest BCUT2D eigenvalue weighted by atomic mass is 10.2. The molecule has 2 N–H and O–H groups in total. The molecule has 1 aliphatic heterocycles. The van der Waals surface area contributed by atoms with E-state index in [-0.39, 0.29) is 33.0 Å². The van der Waals surface area contributed by atoms with E-state index in [1.54, 1.807) is 0 Å². The van der Waals surface area contributed by atoms with Crippen LogP contribution in [0.2, 0.25) is 15.1 Å². The highest BCUT2D eigenvalue weighted by Gasteiger charge is 2.42. The molecule has 1 aliphatic rings. The lowest BCUT2D eigenvalue weighted by Gasteiger charge is -2.15. The second kappa shape index (κ2) is 9.28. The molecule has 1 unspecified atom stereocenters. The van der Waals surface area contributed by atoms with Crippen molar-refractivity contribution in [2.45, 2.75) is 17.8 Å². The summed E-state index contributed by atoms with van der Waals surface area (Å²) in [6, 6.07) is 7.73. The molecule has 1 atom stereocenters. The Hall–Kier alpha value is -1.94. The van der Waals surface area contributed by atoms with Gasteiger partial charge in [-0.3, -0.25) is 14.6 Å². The third-order valence-corrected chi connectivity index (χ3v) is 6.19. The van der Waals surface area contributed by atoms with Gasteiger partial charge in [-0.1, -0.05) is 34.8 Å². The summed E-state index contributed by atoms with van der Waals surface area (Å²) in [5.74, 6) is -0.933. The molecule has 0 saturated carbocycles. The number of rotatable bonds is 3. The zero-order chi connectivity index (χ0) is 22.9. The van der Waals surface area contributed by atoms with Crippen molar-refractivity contribution in [1.29, 1.82) is 0 Å². The lowest BCUT2D eigenvalue weighted by Crippen LogP contribution is -2.69. The number of nitrogens with zero attached hydrogens (tertiary/aromatic N) is 1. The van der Waals surface area contributed by atoms with E-state index < -0.39 is 33.8 Å². The van der Waals surface area contributed by atoms with E-state index in [4.69, 9.17) is 34.8 Å². The Kier molecular flexibility index (Phi) is 7.10. The second-order valence-corrected chi connectivity index (χ2v) is 8.90. The van der Waals surface area contributed by atoms with E-state index in [1.807, 2.05) is 0 Å². The fraction of sp³-hybridized carbons (Fsp3) is 0.211. The fourth-order valence-corrected chi connectivity index (χ4v) is 4.63. The summed E-state index contributed by atoms with van der Waals surface area (Å²) in [5.41, 5.74) is -0.623. The molecule has 2 aromatic rings. The first kappa shape index (κ1) is 23.7. The lowest BCUT2D eigenvalue weighted by molar-refractivity contribution is -0.416. The maximum atomic E-state index is 13.1. The van der Waals surface area contributed by atoms with Crippen molar-refractivity contribution < 1.29 is 27.8 Å². The second-order valence-electron chi connectivity index (χ2n) is 6.40. The zero-order valence-electron chi connectivity index (χ0n) is 15.7. The van der Waals surface area contributed by atoms with Gasteiger partial charge in [0.05, 0.1) is 23.3 Å². The van der Waals surface area contributed by atoms with E-state index in [0.717, 1.165) is 28.8 Å². The summed E-state index contributed by atoms with van der Waals surface area (Å²) in [6.45, 7) is 0. The minimum atomic E-state index is -4.62. The average molecular weight is 512 g/mol. The van der Waals surface area contributed by atoms with E-state index >= 15 is 0 Å². The van der Waals surface area contributed by atoms with Crippen molar-refractivity contribution in [3.63, 3.8) is 0 Å². The molecule has 1 saturated heterocycles. The Bertz CT molecular complexity index is 1060. The molecule has 12 heteroatoms. The van der Waals surface area contributed by atoms with Crippen molar-refractivity contribution in [3.05, 3.63) is 57.0 Å². The van der Waals surface area contributed by atoms with Crippen LogP contribution in [-0.4, -0.2) is 29.3 Å². The molecule has 2 aromatic carbocycles. The van der Waals surface area contributed by atoms with Crippen molar-refractivity contribution in [1.82, 2.24) is 0 Å². The number of alkyl halides is 3. The average Bonchev–Trinajstić information content (AvgIpc) is 2.94. The number of halogens is 6. The first-order valence-electron chi connectivity index (χ1n) is 8.67. The molecule has 5 nitrogen and oxygen atoms in total. The molecule has 0 spiro atoms. The molecular formula is C19H14Cl3F3N3O2S+. The van der Waals surface area contributed by atoms with Gasteiger partial charge in [-0.15, -0.1) is 0 Å². The number of carbonyl (C=O) groups is 2. The monoisotopic (exact) mass is 510 g/mol. The van der Waals surface area contributed by atoms with Gasteiger partial charge in [0.2, 0.25) is 11.8 Å². The summed E-state index contributed by atoms with van der Waals surface area (Å²) in [6.07, 6.45) is -4.72. The van der Waals surface area contributed by atoms with Gasteiger partial charge in [-0.25, -0.2) is 10.2 Å². The number of benzene rings is 2. The van der Waals surface area contributed by atoms with Crippen molar-refractivity contribution >= 4 is 74.9 Å². The minimum Gasteiger partial charge on any atom is -0.274 e. The highest BCUT2D eigenvalue weighted by atomic mass is 35.5. The van der Waals surface area contributed by atoms with Gasteiger partial charge in [0.25, 0.3) is 0 Å². The standard InChI is InChI=1S/C19H13Cl3F3N3O2S/c1-26-18(27-11-2-3-14(22)13(7-11)19(23,24)25)31-15-8-16(29)28(17(15)30)12-5-9(20)4-10(21)6-12/h2-7,15H,8H2,1H3,(H,26,27)/p+1. The van der Waals surface area contributed by atoms with Crippen LogP contribution in [0.25, 0.3) is 0 Å². The van der Waals surface area contributed by atoms with Crippen molar-refractivity contribution in [3.8, 4) is 0 Å². The Morgan fingerprint density at radius 1 is 1.13 bits per heavy atom. The van der Waals surface area contributed by atoms with Crippen LogP contribution in [-0.2, 0) is 15.8 Å². The summed E-state index contributed by atoms with van der Waals surface area (Å²) in [5, 5.41) is 2.39. The zero-order valence-corrected chi connectivity index (χ0v) is 18.8. The normalized spacial score (nSPS) is 17.5. The molecule has 0 bridgehead atoms. The van der Waals surface area contributed by atoms with Gasteiger partial charge in [-0.2, -0.15) is 13.2 Å². The molecule has 164 valence electrons. The molecular weight excluding hydrogens is 498 g/mol. The van der Waals surface area contributed by atoms with Gasteiger partial charge in [0, 0.05) is 16.5 Å². The number of amides is 2. The Morgan fingerprint density at radius 2 is 1.77 bits per heavy atom. The summed E-state index contributed by atoms with van der Waals surface area (Å²) in [7, 11) is 1.53. The molecule has 0 aliphatic carbocycles. The van der Waals surface area contributed by atoms with Crippen LogP contribution >= 0.6 is 46.6 Å². The summed E-state index contributed by atoms with van der Waals surface area (Å²) in [4.78, 5) is 29.1. The quantitative estimate of drug-likeness (QED) is 0.368. The maximum Gasteiger partial charge on any atom is 0.417 e. The third kappa shape index (κ3) is 5.46. The Morgan fingerprint density at radius 3 is 2.35 bits per heavy atom. The predicted octanol–water partition coefficient (Wildman–Crippen LogP) is 4.21. The number of amidine groups is 1. The summed E-state index contributed by atoms with van der Waals surface area (Å²) < 4.78 is 39.3. The number of anilines is 2. The van der Waals surface area contributed by atoms with Gasteiger partial charge in [0.1, 0.15) is 10.9 Å². The van der Waals surface area contributed by atoms with Crippen molar-refractivity contribution in [2.75, 3.05) is 17.3 Å². The van der Waals surface area contributed by atoms with Crippen LogP contribution in [0.3, 0.4) is 0 Å². The Labute approximate surface area is 194 Å². The smallest absolute Gasteiger partial charge is 0.274 e. The van der Waals surface area contributed by atoms with Crippen LogP contribution in [0, 0.1) is 0 Å². The number of hydrogen-bond acceptors (Lipinski definition) is 3. The highest BCUT2D eigenvalue weighted by Crippen LogP contribution is 2.37. The number of carbonyl (C=O) groups excluding carboxylic acids is 2. The van der Waals surface area contributed by atoms with Crippen LogP contribution in [0.1, 0.15) is 12.0 Å². The Balaban J connectivity index is 1.77. The topological polar surface area (TPSA) is 63.4 Å². The minimum absolute atomic E-state index is 0.102. The number of imide groups is 1. The van der Waals surface area contributed by atoms with Gasteiger partial charge in [-0.05, 0) is 48.2 Å². The highest BCUT2D eigenvalue weighted by molar-refractivity contribution is 8.15. The third-order valence-electron chi connectivity index (χ3n) is 4.23. The molecule has 31 heavy (non-hydrogen) atoms. The van der Waals surface area contributed by atoms with Gasteiger partial charge in [0.15, 0.2) is 0 Å². The SMILES string of the molecule is C[NH+]=C(Nc1ccc(Cl)c(C(F)(F)F)c1)SC1CC(=O)N(c2cc(Cl)cc(Cl)c2)C1=O. The molecule has 1 heterocycles. The number of nitrogens with one attached hydrogen (secondary N) is 2. The molecule has 1 fully saturated rings. The number of hydrogen-bond donors (Lipinski definition) is 2. The summed E-state index contributed by atoms with van der Waals surface area (Å²) >= 11 is 18.5. The van der Waals surface area contributed by atoms with E-state index in [0.29, 0.717) is 0 Å². The number of thioether (sulfide) groups is 1. The first-order chi connectivity index (χ1) is 14.5. The van der Waals surface area contributed by atoms with Gasteiger partial charge < -0.3 is 0 Å². The largest absolute Gasteiger partial charge is 0.417 e. The van der Waals surface area contributed by atoms with Crippen LogP contribution < -0.4 is 15.2 Å². The molecule has 3 rings (SSSR count). The molecule has 0 aromatic heterocycles. The molecule has 2 amide bonds. The molecule has 0 radical (unpaired) electrons.